The number of benzene rings is 5. The lowest BCUT2D eigenvalue weighted by Crippen LogP contribution is -2.40. The van der Waals surface area contributed by atoms with E-state index in [1.165, 1.54) is 22.5 Å². The maximum absolute atomic E-state index is 14.4. The summed E-state index contributed by atoms with van der Waals surface area (Å²) in [6.07, 6.45) is 1.49. The molecule has 0 aromatic heterocycles. The zero-order chi connectivity index (χ0) is 40.7. The number of piperidine rings is 1. The van der Waals surface area contributed by atoms with Crippen molar-refractivity contribution in [2.24, 2.45) is 5.92 Å². The molecule has 0 amide bonds. The summed E-state index contributed by atoms with van der Waals surface area (Å²) in [5.74, 6) is -1.10. The van der Waals surface area contributed by atoms with E-state index in [1.54, 1.807) is 42.5 Å². The molecule has 0 radical (unpaired) electrons. The molecule has 1 aliphatic carbocycles. The summed E-state index contributed by atoms with van der Waals surface area (Å²) in [6, 6.07) is 27.1. The van der Waals surface area contributed by atoms with Crippen molar-refractivity contribution in [3.63, 3.8) is 0 Å². The van der Waals surface area contributed by atoms with Crippen LogP contribution in [-0.4, -0.2) is 76.6 Å². The largest absolute Gasteiger partial charge is 0.744 e. The van der Waals surface area contributed by atoms with Gasteiger partial charge in [0.15, 0.2) is 6.54 Å². The van der Waals surface area contributed by atoms with Crippen molar-refractivity contribution in [1.82, 2.24) is 8.88 Å². The second-order valence-electron chi connectivity index (χ2n) is 14.7. The number of aliphatic carboxylic acids is 1. The molecular weight excluding hydrogens is 807 g/mol. The smallest absolute Gasteiger partial charge is 0.306 e. The molecule has 1 fully saturated rings. The lowest BCUT2D eigenvalue weighted by Gasteiger charge is -2.30. The number of anilines is 2. The molecule has 0 spiro atoms. The van der Waals surface area contributed by atoms with Gasteiger partial charge in [0.25, 0.3) is 0 Å². The van der Waals surface area contributed by atoms with Crippen molar-refractivity contribution < 1.29 is 49.4 Å². The van der Waals surface area contributed by atoms with Crippen LogP contribution in [0.5, 0.6) is 0 Å². The average molecular weight is 844 g/mol. The van der Waals surface area contributed by atoms with Gasteiger partial charge in [-0.15, -0.1) is 0 Å². The fourth-order valence-corrected chi connectivity index (χ4v) is 11.2. The Labute approximate surface area is 335 Å². The topological polar surface area (TPSA) is 212 Å². The molecule has 0 saturated carbocycles. The zero-order valence-corrected chi connectivity index (χ0v) is 33.1. The van der Waals surface area contributed by atoms with Gasteiger partial charge in [0, 0.05) is 83.3 Å². The van der Waals surface area contributed by atoms with Crippen LogP contribution in [0, 0.1) is 5.92 Å². The van der Waals surface area contributed by atoms with Crippen molar-refractivity contribution in [3.8, 4) is 22.5 Å². The van der Waals surface area contributed by atoms with Gasteiger partial charge < -0.3 is 32.6 Å². The fourth-order valence-electron chi connectivity index (χ4n) is 8.49. The van der Waals surface area contributed by atoms with E-state index in [-0.39, 0.29) is 40.6 Å². The van der Waals surface area contributed by atoms with E-state index < -0.39 is 42.9 Å². The Morgan fingerprint density at radius 1 is 0.776 bits per heavy atom. The molecule has 4 aromatic carbocycles. The van der Waals surface area contributed by atoms with E-state index in [4.69, 9.17) is 4.42 Å². The third-order valence-electron chi connectivity index (χ3n) is 11.4. The predicted molar refractivity (Wildman–Crippen MR) is 216 cm³/mol. The lowest BCUT2D eigenvalue weighted by atomic mass is 9.93. The third-order valence-corrected chi connectivity index (χ3v) is 15.1. The monoisotopic (exact) mass is 843 g/mol. The fraction of sp³-hybridized carbons (Fsp3) is 0.220. The van der Waals surface area contributed by atoms with Gasteiger partial charge in [-0.25, -0.2) is 16.8 Å². The molecule has 58 heavy (non-hydrogen) atoms. The molecule has 0 bridgehead atoms. The Morgan fingerprint density at radius 2 is 1.52 bits per heavy atom. The number of hydrogen-bond donors (Lipinski definition) is 4. The molecule has 9 rings (SSSR count). The van der Waals surface area contributed by atoms with Crippen LogP contribution in [0.15, 0.2) is 116 Å². The van der Waals surface area contributed by atoms with Crippen LogP contribution in [0.4, 0.5) is 17.1 Å². The third kappa shape index (κ3) is 6.66. The number of rotatable bonds is 7. The van der Waals surface area contributed by atoms with Gasteiger partial charge in [0.1, 0.15) is 32.3 Å². The predicted octanol–water partition coefficient (Wildman–Crippen LogP) is 6.53. The van der Waals surface area contributed by atoms with Crippen LogP contribution in [-0.2, 0) is 37.8 Å². The number of sulfonamides is 1. The van der Waals surface area contributed by atoms with Crippen LogP contribution in [0.2, 0.25) is 0 Å². The normalized spacial score (nSPS) is 17.8. The molecule has 5 aliphatic rings. The highest BCUT2D eigenvalue weighted by Gasteiger charge is 2.35. The Bertz CT molecular complexity index is 2950. The number of carboxylic acid groups (broad SMARTS) is 1. The van der Waals surface area contributed by atoms with Crippen LogP contribution in [0.3, 0.4) is 0 Å². The maximum Gasteiger partial charge on any atom is 0.306 e. The second-order valence-corrected chi connectivity index (χ2v) is 19.5. The molecule has 300 valence electrons. The second kappa shape index (κ2) is 14.0. The summed E-state index contributed by atoms with van der Waals surface area (Å²) in [6.45, 7) is 1.21. The van der Waals surface area contributed by atoms with Crippen LogP contribution in [0.1, 0.15) is 24.0 Å². The summed E-state index contributed by atoms with van der Waals surface area (Å²) in [5, 5.41) is 10.9. The van der Waals surface area contributed by atoms with Gasteiger partial charge >= 0.3 is 5.97 Å². The van der Waals surface area contributed by atoms with E-state index in [9.17, 15) is 44.9 Å². The van der Waals surface area contributed by atoms with E-state index in [0.717, 1.165) is 28.0 Å². The number of hydrogen-bond acceptors (Lipinski definition) is 11. The van der Waals surface area contributed by atoms with Crippen molar-refractivity contribution in [3.05, 3.63) is 114 Å². The minimum Gasteiger partial charge on any atom is -0.744 e. The Hall–Kier alpha value is -5.11. The Balaban J connectivity index is 1.23. The highest BCUT2D eigenvalue weighted by atomic mass is 32.3. The van der Waals surface area contributed by atoms with Crippen molar-refractivity contribution in [2.45, 2.75) is 40.4 Å². The standard InChI is InChI=1S/C41H37N3O11S3/c45-41(46)25-13-17-42(18-14-25)56(47,48)39-4-2-1-3-34(39)40-32-9-5-28(43-19-15-26-21-30(57(49,50)51)7-11-35(26)43)23-37(32)55-38-24-29(6-10-33(38)40)44-20-16-27-22-31(58(52,53)54)8-12-36(27)44/h1-12,21-25H,13-20H2,(H4-,45,46,49,50,51,52,53,54). The quantitative estimate of drug-likeness (QED) is 0.0768. The number of fused-ring (bicyclic) bond motifs is 4. The molecule has 17 heteroatoms. The summed E-state index contributed by atoms with van der Waals surface area (Å²) >= 11 is 0. The SMILES string of the molecule is O=C(O)C1CCN(S(=O)(=O)c2ccccc2-c2c3ccc(=[N+]4CCc5cc(S(O)(O)O)ccc54)cc-3oc3cc(N4CCc5cc(S(=O)(=O)[O-])ccc54)ccc23)CC1. The van der Waals surface area contributed by atoms with Crippen LogP contribution >= 0.6 is 10.9 Å². The van der Waals surface area contributed by atoms with Gasteiger partial charge in [-0.1, -0.05) is 18.2 Å². The van der Waals surface area contributed by atoms with Crippen LogP contribution in [0.25, 0.3) is 33.4 Å². The first-order chi connectivity index (χ1) is 27.6. The number of nitrogens with zero attached hydrogens (tertiary/aromatic N) is 3. The lowest BCUT2D eigenvalue weighted by molar-refractivity contribution is -0.142. The van der Waals surface area contributed by atoms with E-state index in [1.807, 2.05) is 45.9 Å². The highest BCUT2D eigenvalue weighted by Crippen LogP contribution is 2.47. The van der Waals surface area contributed by atoms with Gasteiger partial charge in [-0.3, -0.25) is 4.79 Å². The molecule has 1 saturated heterocycles. The minimum absolute atomic E-state index is 0.0323. The number of carbonyl (C=O) groups is 1. The average Bonchev–Trinajstić information content (AvgIpc) is 3.83. The molecule has 4 aliphatic heterocycles. The zero-order valence-electron chi connectivity index (χ0n) is 30.7. The molecule has 0 atom stereocenters. The van der Waals surface area contributed by atoms with Crippen LogP contribution < -0.4 is 14.8 Å². The van der Waals surface area contributed by atoms with E-state index in [2.05, 4.69) is 0 Å². The van der Waals surface area contributed by atoms with Crippen molar-refractivity contribution >= 4 is 65.0 Å². The number of carboxylic acids is 1. The first-order valence-electron chi connectivity index (χ1n) is 18.5. The minimum atomic E-state index is -4.63. The van der Waals surface area contributed by atoms with Gasteiger partial charge in [-0.05, 0) is 79.4 Å². The highest BCUT2D eigenvalue weighted by molar-refractivity contribution is 8.19. The molecule has 0 unspecified atom stereocenters. The van der Waals surface area contributed by atoms with Gasteiger partial charge in [0.05, 0.1) is 26.7 Å². The molecule has 4 aromatic rings. The first kappa shape index (κ1) is 38.4. The first-order valence-corrected chi connectivity index (χ1v) is 22.9. The van der Waals surface area contributed by atoms with Gasteiger partial charge in [0.2, 0.25) is 21.1 Å². The Morgan fingerprint density at radius 3 is 2.26 bits per heavy atom. The van der Waals surface area contributed by atoms with Gasteiger partial charge in [-0.2, -0.15) is 8.88 Å². The Kier molecular flexibility index (Phi) is 9.29. The van der Waals surface area contributed by atoms with E-state index >= 15 is 0 Å². The van der Waals surface area contributed by atoms with Crippen molar-refractivity contribution in [1.29, 1.82) is 0 Å². The van der Waals surface area contributed by atoms with E-state index in [0.29, 0.717) is 64.9 Å². The summed E-state index contributed by atoms with van der Waals surface area (Å²) in [5.41, 5.74) is 5.97. The maximum atomic E-state index is 14.4. The molecule has 14 nitrogen and oxygen atoms in total. The summed E-state index contributed by atoms with van der Waals surface area (Å²) in [7, 11) is -12.6. The van der Waals surface area contributed by atoms with Crippen molar-refractivity contribution in [2.75, 3.05) is 31.1 Å². The molecular formula is C41H37N3O11S3. The molecule has 4 N–H and O–H groups in total. The summed E-state index contributed by atoms with van der Waals surface area (Å²) in [4.78, 5) is 13.5. The summed E-state index contributed by atoms with van der Waals surface area (Å²) < 4.78 is 104. The molecule has 4 heterocycles.